The van der Waals surface area contributed by atoms with Crippen LogP contribution in [0.3, 0.4) is 0 Å². The summed E-state index contributed by atoms with van der Waals surface area (Å²) in [5.74, 6) is -0.677. The molecule has 0 saturated carbocycles. The van der Waals surface area contributed by atoms with Gasteiger partial charge < -0.3 is 5.32 Å². The topological polar surface area (TPSA) is 74.3 Å². The Hall–Kier alpha value is -3.19. The van der Waals surface area contributed by atoms with Crippen LogP contribution in [0.5, 0.6) is 0 Å². The summed E-state index contributed by atoms with van der Waals surface area (Å²) in [6, 6.07) is 19.5. The number of pyridine rings is 1. The van der Waals surface area contributed by atoms with E-state index in [-0.39, 0.29) is 11.8 Å². The monoisotopic (exact) mass is 422 g/mol. The smallest absolute Gasteiger partial charge is 0.276 e. The van der Waals surface area contributed by atoms with E-state index < -0.39 is 6.17 Å². The van der Waals surface area contributed by atoms with E-state index in [0.717, 1.165) is 4.47 Å². The fourth-order valence-electron chi connectivity index (χ4n) is 2.89. The number of para-hydroxylation sites is 1. The second kappa shape index (κ2) is 7.20. The number of fused-ring (bicyclic) bond motifs is 1. The second-order valence-corrected chi connectivity index (χ2v) is 6.89. The number of hydrogen-bond acceptors (Lipinski definition) is 4. The van der Waals surface area contributed by atoms with Gasteiger partial charge in [-0.15, -0.1) is 0 Å². The van der Waals surface area contributed by atoms with Crippen LogP contribution in [-0.2, 0) is 0 Å². The molecule has 6 nitrogen and oxygen atoms in total. The first-order valence-corrected chi connectivity index (χ1v) is 9.09. The minimum absolute atomic E-state index is 0.300. The Labute approximate surface area is 164 Å². The van der Waals surface area contributed by atoms with Crippen LogP contribution in [0.4, 0.5) is 5.69 Å². The molecule has 134 valence electrons. The minimum atomic E-state index is -0.618. The van der Waals surface area contributed by atoms with Crippen molar-refractivity contribution in [3.8, 4) is 0 Å². The van der Waals surface area contributed by atoms with Crippen LogP contribution in [0.1, 0.15) is 32.6 Å². The maximum absolute atomic E-state index is 13.1. The Bertz CT molecular complexity index is 992. The minimum Gasteiger partial charge on any atom is -0.358 e. The van der Waals surface area contributed by atoms with E-state index in [0.29, 0.717) is 22.5 Å². The van der Waals surface area contributed by atoms with Crippen molar-refractivity contribution in [2.24, 2.45) is 0 Å². The van der Waals surface area contributed by atoms with E-state index in [2.05, 4.69) is 31.7 Å². The Morgan fingerprint density at radius 3 is 2.52 bits per heavy atom. The summed E-state index contributed by atoms with van der Waals surface area (Å²) >= 11 is 3.35. The number of hydrazine groups is 1. The average Bonchev–Trinajstić information content (AvgIpc) is 2.71. The molecule has 0 spiro atoms. The molecule has 3 aromatic rings. The predicted octanol–water partition coefficient (Wildman–Crippen LogP) is 3.76. The standard InChI is InChI=1S/C20H15BrN4O2/c21-14-10-8-13(9-11-14)19(26)24-25-18(17-7-3-4-12-22-17)23-16-6-2-1-5-15(16)20(25)27/h1-12,18,23H,(H,24,26)/t18-/m1/s1. The molecule has 0 unspecified atom stereocenters. The number of carbonyl (C=O) groups is 2. The fourth-order valence-corrected chi connectivity index (χ4v) is 3.15. The molecule has 2 aromatic carbocycles. The lowest BCUT2D eigenvalue weighted by atomic mass is 10.1. The van der Waals surface area contributed by atoms with Crippen LogP contribution < -0.4 is 10.7 Å². The third kappa shape index (κ3) is 3.41. The highest BCUT2D eigenvalue weighted by Crippen LogP contribution is 2.31. The van der Waals surface area contributed by atoms with Crippen LogP contribution in [0, 0.1) is 0 Å². The van der Waals surface area contributed by atoms with Crippen LogP contribution in [0.15, 0.2) is 77.4 Å². The van der Waals surface area contributed by atoms with Gasteiger partial charge >= 0.3 is 0 Å². The van der Waals surface area contributed by atoms with Crippen LogP contribution >= 0.6 is 15.9 Å². The van der Waals surface area contributed by atoms with Gasteiger partial charge in [-0.05, 0) is 48.5 Å². The molecule has 1 aromatic heterocycles. The Morgan fingerprint density at radius 2 is 1.78 bits per heavy atom. The van der Waals surface area contributed by atoms with E-state index in [1.807, 2.05) is 18.2 Å². The highest BCUT2D eigenvalue weighted by Gasteiger charge is 2.35. The van der Waals surface area contributed by atoms with Gasteiger partial charge in [0, 0.05) is 21.9 Å². The molecular weight excluding hydrogens is 408 g/mol. The van der Waals surface area contributed by atoms with Crippen molar-refractivity contribution >= 4 is 33.4 Å². The first-order valence-electron chi connectivity index (χ1n) is 8.30. The van der Waals surface area contributed by atoms with Gasteiger partial charge in [-0.25, -0.2) is 5.01 Å². The number of nitrogens with one attached hydrogen (secondary N) is 2. The van der Waals surface area contributed by atoms with E-state index in [9.17, 15) is 9.59 Å². The summed E-state index contributed by atoms with van der Waals surface area (Å²) < 4.78 is 0.870. The summed E-state index contributed by atoms with van der Waals surface area (Å²) in [6.45, 7) is 0. The molecule has 1 aliphatic heterocycles. The van der Waals surface area contributed by atoms with Crippen molar-refractivity contribution < 1.29 is 9.59 Å². The van der Waals surface area contributed by atoms with Crippen molar-refractivity contribution in [1.29, 1.82) is 0 Å². The summed E-state index contributed by atoms with van der Waals surface area (Å²) in [7, 11) is 0. The molecule has 2 N–H and O–H groups in total. The van der Waals surface area contributed by atoms with Crippen molar-refractivity contribution in [1.82, 2.24) is 15.4 Å². The number of nitrogens with zero attached hydrogens (tertiary/aromatic N) is 2. The molecule has 2 heterocycles. The highest BCUT2D eigenvalue weighted by atomic mass is 79.9. The number of anilines is 1. The quantitative estimate of drug-likeness (QED) is 0.673. The molecule has 0 aliphatic carbocycles. The normalized spacial score (nSPS) is 15.7. The van der Waals surface area contributed by atoms with Crippen molar-refractivity contribution in [3.05, 3.63) is 94.2 Å². The largest absolute Gasteiger partial charge is 0.358 e. The van der Waals surface area contributed by atoms with E-state index in [1.54, 1.807) is 54.7 Å². The molecule has 27 heavy (non-hydrogen) atoms. The molecule has 4 rings (SSSR count). The van der Waals surface area contributed by atoms with Crippen molar-refractivity contribution in [2.75, 3.05) is 5.32 Å². The van der Waals surface area contributed by atoms with Gasteiger partial charge in [0.25, 0.3) is 11.8 Å². The molecular formula is C20H15BrN4O2. The molecule has 1 aliphatic rings. The van der Waals surface area contributed by atoms with Gasteiger partial charge in [-0.3, -0.25) is 20.0 Å². The van der Waals surface area contributed by atoms with Gasteiger partial charge in [0.05, 0.1) is 11.3 Å². The Morgan fingerprint density at radius 1 is 1.04 bits per heavy atom. The summed E-state index contributed by atoms with van der Waals surface area (Å²) in [5.41, 5.74) is 4.98. The SMILES string of the molecule is O=C(NN1C(=O)c2ccccc2N[C@H]1c1ccccn1)c1ccc(Br)cc1. The summed E-state index contributed by atoms with van der Waals surface area (Å²) in [4.78, 5) is 30.1. The second-order valence-electron chi connectivity index (χ2n) is 5.97. The molecule has 0 radical (unpaired) electrons. The van der Waals surface area contributed by atoms with E-state index in [4.69, 9.17) is 0 Å². The fraction of sp³-hybridized carbons (Fsp3) is 0.0500. The Balaban J connectivity index is 1.69. The first-order chi connectivity index (χ1) is 13.1. The summed E-state index contributed by atoms with van der Waals surface area (Å²) in [6.07, 6.45) is 1.03. The van der Waals surface area contributed by atoms with Crippen LogP contribution in [0.25, 0.3) is 0 Å². The average molecular weight is 423 g/mol. The molecule has 0 bridgehead atoms. The number of halogens is 1. The molecule has 0 fully saturated rings. The zero-order chi connectivity index (χ0) is 18.8. The lowest BCUT2D eigenvalue weighted by Gasteiger charge is -2.37. The van der Waals surface area contributed by atoms with Crippen LogP contribution in [-0.4, -0.2) is 21.8 Å². The predicted molar refractivity (Wildman–Crippen MR) is 105 cm³/mol. The third-order valence-corrected chi connectivity index (χ3v) is 4.75. The Kier molecular flexibility index (Phi) is 4.60. The van der Waals surface area contributed by atoms with Gasteiger partial charge in [0.15, 0.2) is 6.17 Å². The van der Waals surface area contributed by atoms with E-state index in [1.165, 1.54) is 5.01 Å². The summed E-state index contributed by atoms with van der Waals surface area (Å²) in [5, 5.41) is 4.57. The number of amides is 2. The van der Waals surface area contributed by atoms with Gasteiger partial charge in [0.2, 0.25) is 0 Å². The maximum Gasteiger partial charge on any atom is 0.276 e. The van der Waals surface area contributed by atoms with Crippen molar-refractivity contribution in [3.63, 3.8) is 0 Å². The number of benzene rings is 2. The first kappa shape index (κ1) is 17.2. The lowest BCUT2D eigenvalue weighted by Crippen LogP contribution is -2.53. The van der Waals surface area contributed by atoms with Crippen LogP contribution in [0.2, 0.25) is 0 Å². The third-order valence-electron chi connectivity index (χ3n) is 4.22. The highest BCUT2D eigenvalue weighted by molar-refractivity contribution is 9.10. The molecule has 0 saturated heterocycles. The zero-order valence-corrected chi connectivity index (χ0v) is 15.7. The molecule has 1 atom stereocenters. The molecule has 2 amide bonds. The maximum atomic E-state index is 13.1. The number of carbonyl (C=O) groups excluding carboxylic acids is 2. The number of rotatable bonds is 3. The number of hydrogen-bond donors (Lipinski definition) is 2. The lowest BCUT2D eigenvalue weighted by molar-refractivity contribution is 0.0486. The molecule has 7 heteroatoms. The van der Waals surface area contributed by atoms with Gasteiger partial charge in [-0.1, -0.05) is 34.1 Å². The van der Waals surface area contributed by atoms with E-state index >= 15 is 0 Å². The number of aromatic nitrogens is 1. The zero-order valence-electron chi connectivity index (χ0n) is 14.1. The van der Waals surface area contributed by atoms with Crippen molar-refractivity contribution in [2.45, 2.75) is 6.17 Å². The van der Waals surface area contributed by atoms with Gasteiger partial charge in [0.1, 0.15) is 0 Å². The van der Waals surface area contributed by atoms with Gasteiger partial charge in [-0.2, -0.15) is 0 Å².